The summed E-state index contributed by atoms with van der Waals surface area (Å²) >= 11 is 0. The highest BCUT2D eigenvalue weighted by atomic mass is 16.3. The highest BCUT2D eigenvalue weighted by molar-refractivity contribution is 6.25. The zero-order chi connectivity index (χ0) is 40.7. The fourth-order valence-corrected chi connectivity index (χ4v) is 9.55. The van der Waals surface area contributed by atoms with Gasteiger partial charge in [-0.1, -0.05) is 170 Å². The normalized spacial score (nSPS) is 11.9. The fraction of sp³-hybridized carbons (Fsp3) is 0. The van der Waals surface area contributed by atoms with Crippen LogP contribution in [0.5, 0.6) is 0 Å². The van der Waals surface area contributed by atoms with E-state index in [1.807, 2.05) is 12.1 Å². The van der Waals surface area contributed by atoms with Crippen LogP contribution in [0, 0.1) is 0 Å². The lowest BCUT2D eigenvalue weighted by molar-refractivity contribution is 0.666. The first kappa shape index (κ1) is 34.5. The second kappa shape index (κ2) is 13.6. The minimum Gasteiger partial charge on any atom is -0.454 e. The van der Waals surface area contributed by atoms with Crippen LogP contribution in [0.1, 0.15) is 0 Å². The first-order chi connectivity index (χ1) is 30.7. The molecule has 0 aliphatic carbocycles. The van der Waals surface area contributed by atoms with Crippen molar-refractivity contribution in [1.29, 1.82) is 0 Å². The second-order valence-electron chi connectivity index (χ2n) is 15.9. The Morgan fingerprint density at radius 2 is 0.919 bits per heavy atom. The summed E-state index contributed by atoms with van der Waals surface area (Å²) in [5.41, 5.74) is 9.86. The molecule has 13 aromatic rings. The molecule has 0 N–H and O–H groups in total. The van der Waals surface area contributed by atoms with Gasteiger partial charge in [-0.25, -0.2) is 15.0 Å². The van der Waals surface area contributed by atoms with Crippen molar-refractivity contribution < 1.29 is 4.42 Å². The van der Waals surface area contributed by atoms with Crippen LogP contribution in [-0.4, -0.2) is 19.5 Å². The lowest BCUT2D eigenvalue weighted by atomic mass is 9.95. The number of aromatic nitrogens is 4. The van der Waals surface area contributed by atoms with Gasteiger partial charge in [-0.05, 0) is 79.8 Å². The summed E-state index contributed by atoms with van der Waals surface area (Å²) in [5.74, 6) is 1.81. The van der Waals surface area contributed by atoms with E-state index in [0.29, 0.717) is 17.5 Å². The predicted molar refractivity (Wildman–Crippen MR) is 256 cm³/mol. The Morgan fingerprint density at radius 1 is 0.339 bits per heavy atom. The van der Waals surface area contributed by atoms with E-state index in [4.69, 9.17) is 19.4 Å². The third-order valence-electron chi connectivity index (χ3n) is 12.4. The Kier molecular flexibility index (Phi) is 7.54. The van der Waals surface area contributed by atoms with Crippen molar-refractivity contribution in [1.82, 2.24) is 19.5 Å². The quantitative estimate of drug-likeness (QED) is 0.174. The Bertz CT molecular complexity index is 3840. The lowest BCUT2D eigenvalue weighted by Gasteiger charge is -2.12. The van der Waals surface area contributed by atoms with Crippen molar-refractivity contribution >= 4 is 76.1 Å². The molecule has 3 heterocycles. The molecule has 0 fully saturated rings. The molecule has 5 nitrogen and oxygen atoms in total. The van der Waals surface area contributed by atoms with Crippen molar-refractivity contribution in [2.75, 3.05) is 0 Å². The van der Waals surface area contributed by atoms with E-state index in [2.05, 4.69) is 199 Å². The molecule has 0 unspecified atom stereocenters. The van der Waals surface area contributed by atoms with E-state index in [1.54, 1.807) is 0 Å². The first-order valence-electron chi connectivity index (χ1n) is 20.9. The molecule has 0 atom stereocenters. The van der Waals surface area contributed by atoms with Gasteiger partial charge in [-0.3, -0.25) is 0 Å². The van der Waals surface area contributed by atoms with Gasteiger partial charge < -0.3 is 8.98 Å². The van der Waals surface area contributed by atoms with Crippen LogP contribution in [-0.2, 0) is 0 Å². The summed E-state index contributed by atoms with van der Waals surface area (Å²) in [4.78, 5) is 15.7. The maximum atomic E-state index is 7.00. The Labute approximate surface area is 355 Å². The summed E-state index contributed by atoms with van der Waals surface area (Å²) in [7, 11) is 0. The predicted octanol–water partition coefficient (Wildman–Crippen LogP) is 15.0. The number of furan rings is 1. The van der Waals surface area contributed by atoms with E-state index < -0.39 is 0 Å². The molecular formula is C57H34N4O. The first-order valence-corrected chi connectivity index (χ1v) is 20.9. The van der Waals surface area contributed by atoms with Crippen LogP contribution >= 0.6 is 0 Å². The van der Waals surface area contributed by atoms with Crippen molar-refractivity contribution in [3.8, 4) is 51.0 Å². The molecule has 288 valence electrons. The maximum Gasteiger partial charge on any atom is 0.164 e. The molecule has 13 rings (SSSR count). The van der Waals surface area contributed by atoms with Gasteiger partial charge in [0.15, 0.2) is 23.1 Å². The van der Waals surface area contributed by atoms with Crippen LogP contribution in [0.3, 0.4) is 0 Å². The lowest BCUT2D eigenvalue weighted by Crippen LogP contribution is -2.00. The number of nitrogens with zero attached hydrogens (tertiary/aromatic N) is 4. The van der Waals surface area contributed by atoms with Crippen LogP contribution in [0.15, 0.2) is 211 Å². The topological polar surface area (TPSA) is 56.7 Å². The summed E-state index contributed by atoms with van der Waals surface area (Å²) in [6, 6.07) is 72.7. The molecule has 0 saturated heterocycles. The van der Waals surface area contributed by atoms with Gasteiger partial charge >= 0.3 is 0 Å². The van der Waals surface area contributed by atoms with Gasteiger partial charge in [-0.15, -0.1) is 0 Å². The van der Waals surface area contributed by atoms with Gasteiger partial charge in [0.1, 0.15) is 5.58 Å². The summed E-state index contributed by atoms with van der Waals surface area (Å²) < 4.78 is 9.39. The van der Waals surface area contributed by atoms with Crippen LogP contribution < -0.4 is 0 Å². The number of para-hydroxylation sites is 2. The molecular weight excluding hydrogens is 757 g/mol. The monoisotopic (exact) mass is 790 g/mol. The number of hydrogen-bond acceptors (Lipinski definition) is 4. The Balaban J connectivity index is 1.07. The zero-order valence-electron chi connectivity index (χ0n) is 33.3. The highest BCUT2D eigenvalue weighted by Crippen LogP contribution is 2.44. The average Bonchev–Trinajstić information content (AvgIpc) is 3.90. The minimum absolute atomic E-state index is 0.584. The summed E-state index contributed by atoms with van der Waals surface area (Å²) in [6.45, 7) is 0. The molecule has 5 heteroatoms. The number of fused-ring (bicyclic) bond motifs is 10. The summed E-state index contributed by atoms with van der Waals surface area (Å²) in [5, 5.41) is 11.4. The molecule has 62 heavy (non-hydrogen) atoms. The highest BCUT2D eigenvalue weighted by Gasteiger charge is 2.23. The SMILES string of the molecule is c1ccc(-c2cc3c(c4ccccc24)c2ccccc2n3-c2cccc3c2oc2cccc(-c4nc(-c5ccc6ccccc6c5)nc(-c5ccc6ccccc6c5)n4)c23)cc1. The van der Waals surface area contributed by atoms with E-state index in [0.717, 1.165) is 66.1 Å². The number of benzene rings is 10. The van der Waals surface area contributed by atoms with E-state index >= 15 is 0 Å². The van der Waals surface area contributed by atoms with Crippen LogP contribution in [0.4, 0.5) is 0 Å². The number of hydrogen-bond donors (Lipinski definition) is 0. The van der Waals surface area contributed by atoms with Crippen molar-refractivity contribution in [2.45, 2.75) is 0 Å². The summed E-state index contributed by atoms with van der Waals surface area (Å²) in [6.07, 6.45) is 0. The molecule has 0 amide bonds. The molecule has 0 radical (unpaired) electrons. The van der Waals surface area contributed by atoms with Crippen molar-refractivity contribution in [3.63, 3.8) is 0 Å². The van der Waals surface area contributed by atoms with E-state index in [-0.39, 0.29) is 0 Å². The Hall–Kier alpha value is -8.41. The molecule has 0 spiro atoms. The largest absolute Gasteiger partial charge is 0.454 e. The van der Waals surface area contributed by atoms with E-state index in [1.165, 1.54) is 43.4 Å². The van der Waals surface area contributed by atoms with Gasteiger partial charge in [-0.2, -0.15) is 0 Å². The zero-order valence-corrected chi connectivity index (χ0v) is 33.3. The standard InChI is InChI=1S/C57H34N4O/c1-2-16-37(17-3-1)47-34-50-52(43-21-9-8-20-42(43)47)44-22-10-11-25-48(44)61(50)49-26-12-23-45-53-46(24-13-27-51(53)62-54(45)49)57-59-55(40-30-28-35-14-4-6-18-38(35)32-40)58-56(60-57)41-31-29-36-15-5-7-19-39(36)33-41/h1-34H. The fourth-order valence-electron chi connectivity index (χ4n) is 9.55. The molecule has 0 bridgehead atoms. The third kappa shape index (κ3) is 5.32. The second-order valence-corrected chi connectivity index (χ2v) is 15.9. The van der Waals surface area contributed by atoms with Gasteiger partial charge in [0, 0.05) is 38.2 Å². The van der Waals surface area contributed by atoms with Crippen LogP contribution in [0.25, 0.3) is 127 Å². The maximum absolute atomic E-state index is 7.00. The van der Waals surface area contributed by atoms with Gasteiger partial charge in [0.05, 0.1) is 16.7 Å². The van der Waals surface area contributed by atoms with Crippen molar-refractivity contribution in [3.05, 3.63) is 206 Å². The van der Waals surface area contributed by atoms with E-state index in [9.17, 15) is 0 Å². The number of rotatable bonds is 5. The Morgan fingerprint density at radius 3 is 1.65 bits per heavy atom. The van der Waals surface area contributed by atoms with Gasteiger partial charge in [0.2, 0.25) is 0 Å². The average molecular weight is 791 g/mol. The van der Waals surface area contributed by atoms with Gasteiger partial charge in [0.25, 0.3) is 0 Å². The molecule has 10 aromatic carbocycles. The van der Waals surface area contributed by atoms with Crippen LogP contribution in [0.2, 0.25) is 0 Å². The smallest absolute Gasteiger partial charge is 0.164 e. The molecule has 0 saturated carbocycles. The van der Waals surface area contributed by atoms with Crippen molar-refractivity contribution in [2.24, 2.45) is 0 Å². The molecule has 3 aromatic heterocycles. The third-order valence-corrected chi connectivity index (χ3v) is 12.4. The molecule has 0 aliphatic heterocycles. The minimum atomic E-state index is 0.584. The molecule has 0 aliphatic rings.